The van der Waals surface area contributed by atoms with Crippen molar-refractivity contribution in [1.82, 2.24) is 0 Å². The van der Waals surface area contributed by atoms with Crippen LogP contribution in [0.25, 0.3) is 0 Å². The molecule has 106 valence electrons. The number of nitrogens with zero attached hydrogens (tertiary/aromatic N) is 2. The van der Waals surface area contributed by atoms with Crippen LogP contribution in [0.2, 0.25) is 0 Å². The SMILES string of the molecule is O=C1c2ccccc2CN1c1ccc(N2CCCC2)cc1. The predicted octanol–water partition coefficient (Wildman–Crippen LogP) is 3.45. The summed E-state index contributed by atoms with van der Waals surface area (Å²) in [5.41, 5.74) is 4.20. The van der Waals surface area contributed by atoms with Crippen LogP contribution >= 0.6 is 0 Å². The van der Waals surface area contributed by atoms with Crippen molar-refractivity contribution in [3.8, 4) is 0 Å². The van der Waals surface area contributed by atoms with Crippen molar-refractivity contribution in [2.75, 3.05) is 22.9 Å². The van der Waals surface area contributed by atoms with Crippen LogP contribution in [-0.2, 0) is 6.54 Å². The lowest BCUT2D eigenvalue weighted by atomic mass is 10.1. The Morgan fingerprint density at radius 1 is 0.810 bits per heavy atom. The van der Waals surface area contributed by atoms with Crippen LogP contribution < -0.4 is 9.80 Å². The zero-order valence-corrected chi connectivity index (χ0v) is 12.0. The first-order chi connectivity index (χ1) is 10.3. The molecular formula is C18H18N2O. The number of carbonyl (C=O) groups is 1. The Balaban J connectivity index is 1.59. The summed E-state index contributed by atoms with van der Waals surface area (Å²) in [6.45, 7) is 2.97. The zero-order chi connectivity index (χ0) is 14.2. The summed E-state index contributed by atoms with van der Waals surface area (Å²) in [6, 6.07) is 16.3. The van der Waals surface area contributed by atoms with Gasteiger partial charge in [-0.15, -0.1) is 0 Å². The Morgan fingerprint density at radius 2 is 1.48 bits per heavy atom. The van der Waals surface area contributed by atoms with Crippen molar-refractivity contribution >= 4 is 17.3 Å². The van der Waals surface area contributed by atoms with E-state index in [0.29, 0.717) is 6.54 Å². The highest BCUT2D eigenvalue weighted by Crippen LogP contribution is 2.30. The van der Waals surface area contributed by atoms with Crippen LogP contribution in [0, 0.1) is 0 Å². The molecule has 1 fully saturated rings. The molecule has 1 saturated heterocycles. The van der Waals surface area contributed by atoms with Gasteiger partial charge in [0, 0.05) is 30.0 Å². The van der Waals surface area contributed by atoms with E-state index >= 15 is 0 Å². The summed E-state index contributed by atoms with van der Waals surface area (Å²) >= 11 is 0. The molecule has 2 aromatic rings. The quantitative estimate of drug-likeness (QED) is 0.840. The first kappa shape index (κ1) is 12.5. The molecule has 0 saturated carbocycles. The van der Waals surface area contributed by atoms with E-state index in [-0.39, 0.29) is 5.91 Å². The van der Waals surface area contributed by atoms with E-state index < -0.39 is 0 Å². The molecule has 3 heteroatoms. The summed E-state index contributed by atoms with van der Waals surface area (Å²) in [7, 11) is 0. The van der Waals surface area contributed by atoms with Crippen molar-refractivity contribution in [2.24, 2.45) is 0 Å². The molecule has 0 radical (unpaired) electrons. The van der Waals surface area contributed by atoms with Gasteiger partial charge in [0.05, 0.1) is 6.54 Å². The van der Waals surface area contributed by atoms with E-state index in [1.165, 1.54) is 18.5 Å². The van der Waals surface area contributed by atoms with Gasteiger partial charge in [0.15, 0.2) is 0 Å². The second-order valence-corrected chi connectivity index (χ2v) is 5.76. The van der Waals surface area contributed by atoms with E-state index in [4.69, 9.17) is 0 Å². The fourth-order valence-corrected chi connectivity index (χ4v) is 3.28. The normalized spacial score (nSPS) is 17.4. The maximum atomic E-state index is 12.5. The molecule has 0 aromatic heterocycles. The fraction of sp³-hybridized carbons (Fsp3) is 0.278. The minimum Gasteiger partial charge on any atom is -0.372 e. The van der Waals surface area contributed by atoms with Gasteiger partial charge in [-0.1, -0.05) is 18.2 Å². The second kappa shape index (κ2) is 4.92. The minimum absolute atomic E-state index is 0.111. The highest BCUT2D eigenvalue weighted by molar-refractivity contribution is 6.10. The molecule has 0 aliphatic carbocycles. The van der Waals surface area contributed by atoms with Crippen LogP contribution in [0.1, 0.15) is 28.8 Å². The molecule has 2 heterocycles. The molecule has 2 aromatic carbocycles. The Bertz CT molecular complexity index is 672. The van der Waals surface area contributed by atoms with E-state index in [1.807, 2.05) is 29.2 Å². The van der Waals surface area contributed by atoms with Crippen LogP contribution in [0.15, 0.2) is 48.5 Å². The molecule has 0 N–H and O–H groups in total. The smallest absolute Gasteiger partial charge is 0.258 e. The molecule has 3 nitrogen and oxygen atoms in total. The van der Waals surface area contributed by atoms with Gasteiger partial charge in [-0.2, -0.15) is 0 Å². The van der Waals surface area contributed by atoms with Crippen LogP contribution in [0.3, 0.4) is 0 Å². The zero-order valence-electron chi connectivity index (χ0n) is 12.0. The summed E-state index contributed by atoms with van der Waals surface area (Å²) in [5.74, 6) is 0.111. The van der Waals surface area contributed by atoms with Gasteiger partial charge in [-0.25, -0.2) is 0 Å². The molecule has 2 aliphatic rings. The van der Waals surface area contributed by atoms with E-state index in [2.05, 4.69) is 29.2 Å². The van der Waals surface area contributed by atoms with Gasteiger partial charge >= 0.3 is 0 Å². The molecule has 21 heavy (non-hydrogen) atoms. The van der Waals surface area contributed by atoms with Gasteiger partial charge in [-0.3, -0.25) is 4.79 Å². The number of carbonyl (C=O) groups excluding carboxylic acids is 1. The Morgan fingerprint density at radius 3 is 2.19 bits per heavy atom. The topological polar surface area (TPSA) is 23.6 Å². The van der Waals surface area contributed by atoms with Crippen LogP contribution in [0.5, 0.6) is 0 Å². The molecule has 0 unspecified atom stereocenters. The maximum absolute atomic E-state index is 12.5. The standard InChI is InChI=1S/C18H18N2O/c21-18-17-6-2-1-5-14(17)13-20(18)16-9-7-15(8-10-16)19-11-3-4-12-19/h1-2,5-10H,3-4,11-13H2. The largest absolute Gasteiger partial charge is 0.372 e. The average molecular weight is 278 g/mol. The van der Waals surface area contributed by atoms with Crippen molar-refractivity contribution in [1.29, 1.82) is 0 Å². The molecule has 0 atom stereocenters. The highest BCUT2D eigenvalue weighted by atomic mass is 16.2. The summed E-state index contributed by atoms with van der Waals surface area (Å²) in [4.78, 5) is 16.7. The number of amides is 1. The molecular weight excluding hydrogens is 260 g/mol. The van der Waals surface area contributed by atoms with Gasteiger partial charge in [0.1, 0.15) is 0 Å². The summed E-state index contributed by atoms with van der Waals surface area (Å²) in [5, 5.41) is 0. The Kier molecular flexibility index (Phi) is 2.92. The van der Waals surface area contributed by atoms with Gasteiger partial charge < -0.3 is 9.80 Å². The predicted molar refractivity (Wildman–Crippen MR) is 84.8 cm³/mol. The number of benzene rings is 2. The Hall–Kier alpha value is -2.29. The lowest BCUT2D eigenvalue weighted by Crippen LogP contribution is -2.23. The van der Waals surface area contributed by atoms with Gasteiger partial charge in [0.25, 0.3) is 5.91 Å². The molecule has 4 rings (SSSR count). The third-order valence-electron chi connectivity index (χ3n) is 4.45. The van der Waals surface area contributed by atoms with Crippen LogP contribution in [-0.4, -0.2) is 19.0 Å². The number of hydrogen-bond donors (Lipinski definition) is 0. The lowest BCUT2D eigenvalue weighted by molar-refractivity contribution is 0.0996. The monoisotopic (exact) mass is 278 g/mol. The highest BCUT2D eigenvalue weighted by Gasteiger charge is 2.27. The first-order valence-corrected chi connectivity index (χ1v) is 7.58. The maximum Gasteiger partial charge on any atom is 0.258 e. The number of rotatable bonds is 2. The minimum atomic E-state index is 0.111. The molecule has 0 bridgehead atoms. The van der Waals surface area contributed by atoms with Gasteiger partial charge in [-0.05, 0) is 48.7 Å². The number of hydrogen-bond acceptors (Lipinski definition) is 2. The third-order valence-corrected chi connectivity index (χ3v) is 4.45. The number of fused-ring (bicyclic) bond motifs is 1. The van der Waals surface area contributed by atoms with E-state index in [0.717, 1.165) is 29.9 Å². The van der Waals surface area contributed by atoms with Gasteiger partial charge in [0.2, 0.25) is 0 Å². The second-order valence-electron chi connectivity index (χ2n) is 5.76. The van der Waals surface area contributed by atoms with Crippen molar-refractivity contribution in [2.45, 2.75) is 19.4 Å². The summed E-state index contributed by atoms with van der Waals surface area (Å²) in [6.07, 6.45) is 2.56. The fourth-order valence-electron chi connectivity index (χ4n) is 3.28. The average Bonchev–Trinajstić information content (AvgIpc) is 3.17. The first-order valence-electron chi connectivity index (χ1n) is 7.58. The number of anilines is 2. The third kappa shape index (κ3) is 2.09. The van der Waals surface area contributed by atoms with Crippen molar-refractivity contribution < 1.29 is 4.79 Å². The Labute approximate surface area is 124 Å². The van der Waals surface area contributed by atoms with E-state index in [1.54, 1.807) is 0 Å². The molecule has 1 amide bonds. The molecule has 2 aliphatic heterocycles. The van der Waals surface area contributed by atoms with Crippen LogP contribution in [0.4, 0.5) is 11.4 Å². The van der Waals surface area contributed by atoms with Crippen molar-refractivity contribution in [3.63, 3.8) is 0 Å². The van der Waals surface area contributed by atoms with E-state index in [9.17, 15) is 4.79 Å². The summed E-state index contributed by atoms with van der Waals surface area (Å²) < 4.78 is 0. The lowest BCUT2D eigenvalue weighted by Gasteiger charge is -2.20. The van der Waals surface area contributed by atoms with Crippen molar-refractivity contribution in [3.05, 3.63) is 59.7 Å². The molecule has 0 spiro atoms.